The summed E-state index contributed by atoms with van der Waals surface area (Å²) in [5, 5.41) is 1.43. The number of hydrogen-bond donors (Lipinski definition) is 0. The molecule has 1 heterocycles. The number of rotatable bonds is 4. The highest BCUT2D eigenvalue weighted by molar-refractivity contribution is 7.01. The molecule has 2 rings (SSSR count). The van der Waals surface area contributed by atoms with Crippen molar-refractivity contribution in [2.45, 2.75) is 45.2 Å². The van der Waals surface area contributed by atoms with Crippen LogP contribution in [0, 0.1) is 0 Å². The molecule has 0 radical (unpaired) electrons. The second-order valence-corrected chi connectivity index (χ2v) is 6.76. The lowest BCUT2D eigenvalue weighted by atomic mass is 9.99. The van der Waals surface area contributed by atoms with Crippen LogP contribution in [0.2, 0.25) is 0 Å². The van der Waals surface area contributed by atoms with E-state index in [4.69, 9.17) is 11.1 Å². The second-order valence-electron chi connectivity index (χ2n) is 4.93. The van der Waals surface area contributed by atoms with Gasteiger partial charge >= 0.3 is 0 Å². The van der Waals surface area contributed by atoms with E-state index in [0.29, 0.717) is 0 Å². The number of likely N-dealkylation sites (tertiary alicyclic amines) is 1. The SMILES string of the molecule is CCC1CCCCN1Cc1ccccc1[SiH2]Cl. The van der Waals surface area contributed by atoms with E-state index in [-0.39, 0.29) is 0 Å². The van der Waals surface area contributed by atoms with Gasteiger partial charge in [0, 0.05) is 12.6 Å². The van der Waals surface area contributed by atoms with Crippen molar-refractivity contribution in [1.29, 1.82) is 0 Å². The summed E-state index contributed by atoms with van der Waals surface area (Å²) >= 11 is 6.14. The van der Waals surface area contributed by atoms with Crippen LogP contribution in [0.3, 0.4) is 0 Å². The quantitative estimate of drug-likeness (QED) is 0.598. The molecule has 17 heavy (non-hydrogen) atoms. The monoisotopic (exact) mass is 267 g/mol. The van der Waals surface area contributed by atoms with E-state index in [1.54, 1.807) is 0 Å². The van der Waals surface area contributed by atoms with Gasteiger partial charge in [-0.05, 0) is 36.6 Å². The van der Waals surface area contributed by atoms with Gasteiger partial charge in [0.25, 0.3) is 0 Å². The molecule has 1 saturated heterocycles. The van der Waals surface area contributed by atoms with Crippen LogP contribution in [0.5, 0.6) is 0 Å². The van der Waals surface area contributed by atoms with Crippen LogP contribution >= 0.6 is 11.1 Å². The van der Waals surface area contributed by atoms with Gasteiger partial charge in [-0.25, -0.2) is 0 Å². The van der Waals surface area contributed by atoms with Crippen LogP contribution in [0.15, 0.2) is 24.3 Å². The third kappa shape index (κ3) is 3.33. The van der Waals surface area contributed by atoms with Gasteiger partial charge < -0.3 is 0 Å². The van der Waals surface area contributed by atoms with E-state index in [0.717, 1.165) is 12.6 Å². The van der Waals surface area contributed by atoms with Gasteiger partial charge in [0.05, 0.1) is 0 Å². The highest BCUT2D eigenvalue weighted by Gasteiger charge is 2.21. The molecule has 0 aromatic heterocycles. The summed E-state index contributed by atoms with van der Waals surface area (Å²) in [6.07, 6.45) is 5.41. The molecule has 0 spiro atoms. The molecule has 0 aliphatic carbocycles. The molecule has 1 aliphatic rings. The Morgan fingerprint density at radius 2 is 2.18 bits per heavy atom. The number of hydrogen-bond acceptors (Lipinski definition) is 1. The first-order valence-corrected chi connectivity index (χ1v) is 9.56. The topological polar surface area (TPSA) is 3.24 Å². The highest BCUT2D eigenvalue weighted by Crippen LogP contribution is 2.21. The van der Waals surface area contributed by atoms with Gasteiger partial charge in [-0.2, -0.15) is 11.1 Å². The Morgan fingerprint density at radius 3 is 2.94 bits per heavy atom. The number of piperidine rings is 1. The van der Waals surface area contributed by atoms with E-state index in [1.807, 2.05) is 0 Å². The van der Waals surface area contributed by atoms with E-state index in [1.165, 1.54) is 43.0 Å². The van der Waals surface area contributed by atoms with Crippen LogP contribution < -0.4 is 5.19 Å². The second kappa shape index (κ2) is 6.57. The molecule has 1 unspecified atom stereocenters. The molecule has 1 aliphatic heterocycles. The van der Waals surface area contributed by atoms with Crippen LogP contribution in [-0.2, 0) is 6.54 Å². The Kier molecular flexibility index (Phi) is 5.08. The van der Waals surface area contributed by atoms with E-state index in [2.05, 4.69) is 36.1 Å². The highest BCUT2D eigenvalue weighted by atomic mass is 35.6. The van der Waals surface area contributed by atoms with Crippen molar-refractivity contribution < 1.29 is 0 Å². The van der Waals surface area contributed by atoms with E-state index >= 15 is 0 Å². The van der Waals surface area contributed by atoms with Crippen LogP contribution in [0.1, 0.15) is 38.2 Å². The third-order valence-electron chi connectivity index (χ3n) is 3.86. The van der Waals surface area contributed by atoms with Crippen molar-refractivity contribution in [3.8, 4) is 0 Å². The zero-order valence-corrected chi connectivity index (χ0v) is 12.8. The average Bonchev–Trinajstić information content (AvgIpc) is 2.40. The van der Waals surface area contributed by atoms with Gasteiger partial charge in [-0.3, -0.25) is 4.90 Å². The zero-order valence-electron chi connectivity index (χ0n) is 10.7. The molecule has 0 N–H and O–H groups in total. The third-order valence-corrected chi connectivity index (χ3v) is 5.70. The minimum absolute atomic E-state index is 0.562. The Morgan fingerprint density at radius 1 is 1.35 bits per heavy atom. The summed E-state index contributed by atoms with van der Waals surface area (Å²) in [7, 11) is -0.562. The summed E-state index contributed by atoms with van der Waals surface area (Å²) in [4.78, 5) is 2.66. The first-order valence-electron chi connectivity index (χ1n) is 6.72. The molecule has 1 aromatic carbocycles. The van der Waals surface area contributed by atoms with E-state index in [9.17, 15) is 0 Å². The molecule has 3 heteroatoms. The lowest BCUT2D eigenvalue weighted by Gasteiger charge is -2.35. The smallest absolute Gasteiger partial charge is 0.156 e. The van der Waals surface area contributed by atoms with Gasteiger partial charge in [0.2, 0.25) is 0 Å². The predicted octanol–water partition coefficient (Wildman–Crippen LogP) is 2.40. The van der Waals surface area contributed by atoms with Gasteiger partial charge in [-0.1, -0.05) is 37.6 Å². The Bertz CT molecular complexity index is 356. The maximum Gasteiger partial charge on any atom is 0.156 e. The molecule has 1 fully saturated rings. The lowest BCUT2D eigenvalue weighted by molar-refractivity contribution is 0.136. The predicted molar refractivity (Wildman–Crippen MR) is 78.8 cm³/mol. The van der Waals surface area contributed by atoms with Crippen molar-refractivity contribution in [2.24, 2.45) is 0 Å². The molecule has 1 nitrogen and oxygen atoms in total. The fourth-order valence-corrected chi connectivity index (χ4v) is 4.20. The standard InChI is InChI=1S/C14H22ClNSi/c1-2-13-8-5-6-10-16(13)11-12-7-3-4-9-14(12)17-15/h3-4,7,9,13H,2,5-6,8,10-11,17H2,1H3. The van der Waals surface area contributed by atoms with E-state index < -0.39 is 8.83 Å². The van der Waals surface area contributed by atoms with Gasteiger partial charge in [0.1, 0.15) is 0 Å². The van der Waals surface area contributed by atoms with Crippen molar-refractivity contribution in [2.75, 3.05) is 6.54 Å². The summed E-state index contributed by atoms with van der Waals surface area (Å²) in [5.74, 6) is 0. The summed E-state index contributed by atoms with van der Waals surface area (Å²) in [5.41, 5.74) is 1.47. The van der Waals surface area contributed by atoms with Crippen LogP contribution in [-0.4, -0.2) is 26.3 Å². The molecular weight excluding hydrogens is 246 g/mol. The Balaban J connectivity index is 2.08. The largest absolute Gasteiger partial charge is 0.296 e. The average molecular weight is 268 g/mol. The Hall–Kier alpha value is -0.313. The molecule has 94 valence electrons. The van der Waals surface area contributed by atoms with Crippen LogP contribution in [0.25, 0.3) is 0 Å². The normalized spacial score (nSPS) is 22.4. The van der Waals surface area contributed by atoms with Crippen molar-refractivity contribution in [3.63, 3.8) is 0 Å². The first kappa shape index (κ1) is 13.1. The maximum absolute atomic E-state index is 6.14. The Labute approximate surface area is 112 Å². The number of benzene rings is 1. The minimum Gasteiger partial charge on any atom is -0.296 e. The summed E-state index contributed by atoms with van der Waals surface area (Å²) in [6, 6.07) is 9.51. The molecule has 1 atom stereocenters. The molecular formula is C14H22ClNSi. The number of nitrogens with zero attached hydrogens (tertiary/aromatic N) is 1. The van der Waals surface area contributed by atoms with Crippen molar-refractivity contribution in [3.05, 3.63) is 29.8 Å². The van der Waals surface area contributed by atoms with Gasteiger partial charge in [0.15, 0.2) is 8.83 Å². The molecule has 0 amide bonds. The minimum atomic E-state index is -0.562. The van der Waals surface area contributed by atoms with Crippen molar-refractivity contribution >= 4 is 25.1 Å². The van der Waals surface area contributed by atoms with Crippen LogP contribution in [0.4, 0.5) is 0 Å². The molecule has 0 bridgehead atoms. The number of halogens is 1. The molecule has 0 saturated carbocycles. The van der Waals surface area contributed by atoms with Gasteiger partial charge in [-0.15, -0.1) is 0 Å². The lowest BCUT2D eigenvalue weighted by Crippen LogP contribution is -2.39. The first-order chi connectivity index (χ1) is 8.35. The fourth-order valence-electron chi connectivity index (χ4n) is 2.79. The fraction of sp³-hybridized carbons (Fsp3) is 0.571. The van der Waals surface area contributed by atoms with Crippen molar-refractivity contribution in [1.82, 2.24) is 4.90 Å². The zero-order chi connectivity index (χ0) is 12.1. The summed E-state index contributed by atoms with van der Waals surface area (Å²) in [6.45, 7) is 4.68. The maximum atomic E-state index is 6.14. The summed E-state index contributed by atoms with van der Waals surface area (Å²) < 4.78 is 0. The molecule has 1 aromatic rings.